The summed E-state index contributed by atoms with van der Waals surface area (Å²) < 4.78 is 17.8. The van der Waals surface area contributed by atoms with Crippen molar-refractivity contribution in [2.75, 3.05) is 13.7 Å². The van der Waals surface area contributed by atoms with Gasteiger partial charge in [0.2, 0.25) is 5.91 Å². The SMILES string of the molecule is CCOC(=O)CC(=O)N(C)Cc1ccc(F)c(C)c1. The zero-order valence-corrected chi connectivity index (χ0v) is 11.4. The minimum Gasteiger partial charge on any atom is -0.466 e. The molecule has 0 atom stereocenters. The third-order valence-corrected chi connectivity index (χ3v) is 2.67. The van der Waals surface area contributed by atoms with Crippen LogP contribution in [0.4, 0.5) is 4.39 Å². The number of ether oxygens (including phenoxy) is 1. The van der Waals surface area contributed by atoms with E-state index in [1.807, 2.05) is 0 Å². The molecule has 0 bridgehead atoms. The number of hydrogen-bond donors (Lipinski definition) is 0. The van der Waals surface area contributed by atoms with Crippen LogP contribution in [0.3, 0.4) is 0 Å². The minimum absolute atomic E-state index is 0.257. The van der Waals surface area contributed by atoms with Gasteiger partial charge >= 0.3 is 5.97 Å². The molecule has 104 valence electrons. The molecule has 0 aliphatic rings. The van der Waals surface area contributed by atoms with Crippen molar-refractivity contribution in [2.24, 2.45) is 0 Å². The Balaban J connectivity index is 2.58. The first kappa shape index (κ1) is 15.1. The fourth-order valence-electron chi connectivity index (χ4n) is 1.64. The van der Waals surface area contributed by atoms with Gasteiger partial charge in [-0.25, -0.2) is 4.39 Å². The Labute approximate surface area is 112 Å². The highest BCUT2D eigenvalue weighted by Crippen LogP contribution is 2.11. The molecule has 19 heavy (non-hydrogen) atoms. The smallest absolute Gasteiger partial charge is 0.315 e. The predicted octanol–water partition coefficient (Wildman–Crippen LogP) is 2.05. The van der Waals surface area contributed by atoms with Crippen LogP contribution >= 0.6 is 0 Å². The third-order valence-electron chi connectivity index (χ3n) is 2.67. The van der Waals surface area contributed by atoms with E-state index in [1.54, 1.807) is 33.0 Å². The Bertz CT molecular complexity index is 474. The molecule has 0 spiro atoms. The normalized spacial score (nSPS) is 10.1. The topological polar surface area (TPSA) is 46.6 Å². The summed E-state index contributed by atoms with van der Waals surface area (Å²) in [6.45, 7) is 3.94. The first-order valence-corrected chi connectivity index (χ1v) is 6.08. The number of rotatable bonds is 5. The molecular formula is C14H18FNO3. The molecule has 0 aliphatic carbocycles. The van der Waals surface area contributed by atoms with Crippen LogP contribution in [0.25, 0.3) is 0 Å². The molecular weight excluding hydrogens is 249 g/mol. The van der Waals surface area contributed by atoms with Crippen LogP contribution in [0.5, 0.6) is 0 Å². The monoisotopic (exact) mass is 267 g/mol. The maximum absolute atomic E-state index is 13.1. The number of esters is 1. The second-order valence-electron chi connectivity index (χ2n) is 4.32. The Kier molecular flexibility index (Phi) is 5.48. The number of amides is 1. The van der Waals surface area contributed by atoms with E-state index < -0.39 is 5.97 Å². The summed E-state index contributed by atoms with van der Waals surface area (Å²) >= 11 is 0. The number of aryl methyl sites for hydroxylation is 1. The van der Waals surface area contributed by atoms with E-state index in [1.165, 1.54) is 11.0 Å². The molecule has 1 aromatic carbocycles. The largest absolute Gasteiger partial charge is 0.466 e. The van der Waals surface area contributed by atoms with Crippen molar-refractivity contribution in [3.63, 3.8) is 0 Å². The summed E-state index contributed by atoms with van der Waals surface area (Å²) in [5.41, 5.74) is 1.35. The second kappa shape index (κ2) is 6.87. The van der Waals surface area contributed by atoms with Crippen LogP contribution < -0.4 is 0 Å². The molecule has 0 radical (unpaired) electrons. The average Bonchev–Trinajstić information content (AvgIpc) is 2.34. The van der Waals surface area contributed by atoms with E-state index in [0.29, 0.717) is 12.1 Å². The van der Waals surface area contributed by atoms with Crippen LogP contribution in [0.2, 0.25) is 0 Å². The Morgan fingerprint density at radius 3 is 2.63 bits per heavy atom. The molecule has 1 aromatic rings. The lowest BCUT2D eigenvalue weighted by molar-refractivity contribution is -0.148. The summed E-state index contributed by atoms with van der Waals surface area (Å²) in [6, 6.07) is 4.67. The summed E-state index contributed by atoms with van der Waals surface area (Å²) in [4.78, 5) is 24.3. The van der Waals surface area contributed by atoms with Crippen LogP contribution in [0.15, 0.2) is 18.2 Å². The number of carbonyl (C=O) groups excluding carboxylic acids is 2. The number of nitrogens with zero attached hydrogens (tertiary/aromatic N) is 1. The van der Waals surface area contributed by atoms with E-state index >= 15 is 0 Å². The molecule has 1 rings (SSSR count). The molecule has 0 aromatic heterocycles. The predicted molar refractivity (Wildman–Crippen MR) is 68.9 cm³/mol. The molecule has 4 nitrogen and oxygen atoms in total. The number of hydrogen-bond acceptors (Lipinski definition) is 3. The van der Waals surface area contributed by atoms with Gasteiger partial charge in [-0.1, -0.05) is 12.1 Å². The van der Waals surface area contributed by atoms with Gasteiger partial charge in [-0.05, 0) is 31.0 Å². The van der Waals surface area contributed by atoms with Gasteiger partial charge in [-0.2, -0.15) is 0 Å². The maximum atomic E-state index is 13.1. The molecule has 0 aliphatic heterocycles. The highest BCUT2D eigenvalue weighted by atomic mass is 19.1. The summed E-state index contributed by atoms with van der Waals surface area (Å²) in [5.74, 6) is -1.13. The highest BCUT2D eigenvalue weighted by Gasteiger charge is 2.15. The highest BCUT2D eigenvalue weighted by molar-refractivity contribution is 5.94. The molecule has 0 unspecified atom stereocenters. The lowest BCUT2D eigenvalue weighted by atomic mass is 10.1. The standard InChI is InChI=1S/C14H18FNO3/c1-4-19-14(18)8-13(17)16(3)9-11-5-6-12(15)10(2)7-11/h5-7H,4,8-9H2,1-3H3. The van der Waals surface area contributed by atoms with Gasteiger partial charge in [0.05, 0.1) is 6.61 Å². The summed E-state index contributed by atoms with van der Waals surface area (Å²) in [7, 11) is 1.60. The van der Waals surface area contributed by atoms with Crippen molar-refractivity contribution in [1.82, 2.24) is 4.90 Å². The van der Waals surface area contributed by atoms with Crippen molar-refractivity contribution in [1.29, 1.82) is 0 Å². The minimum atomic E-state index is -0.533. The van der Waals surface area contributed by atoms with E-state index in [4.69, 9.17) is 4.74 Å². The first-order valence-electron chi connectivity index (χ1n) is 6.08. The fraction of sp³-hybridized carbons (Fsp3) is 0.429. The number of halogens is 1. The third kappa shape index (κ3) is 4.69. The Hall–Kier alpha value is -1.91. The van der Waals surface area contributed by atoms with E-state index in [-0.39, 0.29) is 24.8 Å². The first-order chi connectivity index (χ1) is 8.93. The van der Waals surface area contributed by atoms with Gasteiger partial charge in [0.25, 0.3) is 0 Å². The van der Waals surface area contributed by atoms with Crippen molar-refractivity contribution < 1.29 is 18.7 Å². The van der Waals surface area contributed by atoms with Gasteiger partial charge in [-0.3, -0.25) is 9.59 Å². The molecule has 0 fully saturated rings. The summed E-state index contributed by atoms with van der Waals surface area (Å²) in [6.07, 6.45) is -0.273. The molecule has 0 heterocycles. The second-order valence-corrected chi connectivity index (χ2v) is 4.32. The van der Waals surface area contributed by atoms with Gasteiger partial charge < -0.3 is 9.64 Å². The number of carbonyl (C=O) groups is 2. The molecule has 0 saturated heterocycles. The lowest BCUT2D eigenvalue weighted by Crippen LogP contribution is -2.28. The Morgan fingerprint density at radius 1 is 1.37 bits per heavy atom. The van der Waals surface area contributed by atoms with Gasteiger partial charge in [0.1, 0.15) is 12.2 Å². The Morgan fingerprint density at radius 2 is 2.05 bits per heavy atom. The van der Waals surface area contributed by atoms with Gasteiger partial charge in [0.15, 0.2) is 0 Å². The number of benzene rings is 1. The average molecular weight is 267 g/mol. The maximum Gasteiger partial charge on any atom is 0.315 e. The van der Waals surface area contributed by atoms with Crippen LogP contribution in [0, 0.1) is 12.7 Å². The fourth-order valence-corrected chi connectivity index (χ4v) is 1.64. The lowest BCUT2D eigenvalue weighted by Gasteiger charge is -2.17. The molecule has 5 heteroatoms. The van der Waals surface area contributed by atoms with E-state index in [2.05, 4.69) is 0 Å². The van der Waals surface area contributed by atoms with Gasteiger partial charge in [0, 0.05) is 13.6 Å². The molecule has 0 N–H and O–H groups in total. The van der Waals surface area contributed by atoms with Crippen LogP contribution in [0.1, 0.15) is 24.5 Å². The van der Waals surface area contributed by atoms with Crippen LogP contribution in [-0.2, 0) is 20.9 Å². The van der Waals surface area contributed by atoms with E-state index in [0.717, 1.165) is 5.56 Å². The van der Waals surface area contributed by atoms with Crippen molar-refractivity contribution in [3.05, 3.63) is 35.1 Å². The van der Waals surface area contributed by atoms with E-state index in [9.17, 15) is 14.0 Å². The van der Waals surface area contributed by atoms with Crippen molar-refractivity contribution in [2.45, 2.75) is 26.8 Å². The zero-order chi connectivity index (χ0) is 14.4. The molecule has 1 amide bonds. The summed E-state index contributed by atoms with van der Waals surface area (Å²) in [5, 5.41) is 0. The van der Waals surface area contributed by atoms with Crippen molar-refractivity contribution >= 4 is 11.9 Å². The zero-order valence-electron chi connectivity index (χ0n) is 11.4. The van der Waals surface area contributed by atoms with Crippen LogP contribution in [-0.4, -0.2) is 30.4 Å². The molecule has 0 saturated carbocycles. The van der Waals surface area contributed by atoms with Gasteiger partial charge in [-0.15, -0.1) is 0 Å². The van der Waals surface area contributed by atoms with Crippen molar-refractivity contribution in [3.8, 4) is 0 Å². The quantitative estimate of drug-likeness (QED) is 0.606.